The SMILES string of the molecule is CN(C(=O)c1cc(/C=C/C(=O)O)ccc1F)C1CCOC1. The number of carboxylic acid groups (broad SMARTS) is 1. The third kappa shape index (κ3) is 3.66. The Morgan fingerprint density at radius 1 is 1.48 bits per heavy atom. The van der Waals surface area contributed by atoms with Crippen molar-refractivity contribution in [2.45, 2.75) is 12.5 Å². The molecule has 0 saturated carbocycles. The van der Waals surface area contributed by atoms with E-state index in [2.05, 4.69) is 0 Å². The quantitative estimate of drug-likeness (QED) is 0.859. The highest BCUT2D eigenvalue weighted by atomic mass is 19.1. The van der Waals surface area contributed by atoms with Gasteiger partial charge in [-0.15, -0.1) is 0 Å². The summed E-state index contributed by atoms with van der Waals surface area (Å²) in [6.45, 7) is 1.04. The number of carboxylic acids is 1. The van der Waals surface area contributed by atoms with Crippen LogP contribution in [0.25, 0.3) is 6.08 Å². The van der Waals surface area contributed by atoms with Crippen LogP contribution in [0.4, 0.5) is 4.39 Å². The summed E-state index contributed by atoms with van der Waals surface area (Å²) in [6.07, 6.45) is 2.98. The maximum Gasteiger partial charge on any atom is 0.328 e. The van der Waals surface area contributed by atoms with E-state index in [9.17, 15) is 14.0 Å². The lowest BCUT2D eigenvalue weighted by atomic mass is 10.1. The van der Waals surface area contributed by atoms with Gasteiger partial charge in [-0.25, -0.2) is 9.18 Å². The molecule has 1 unspecified atom stereocenters. The van der Waals surface area contributed by atoms with Crippen LogP contribution >= 0.6 is 0 Å². The zero-order valence-corrected chi connectivity index (χ0v) is 11.6. The highest BCUT2D eigenvalue weighted by Gasteiger charge is 2.26. The first kappa shape index (κ1) is 15.2. The van der Waals surface area contributed by atoms with Gasteiger partial charge in [0.1, 0.15) is 5.82 Å². The van der Waals surface area contributed by atoms with E-state index < -0.39 is 17.7 Å². The van der Waals surface area contributed by atoms with E-state index in [-0.39, 0.29) is 11.6 Å². The molecule has 5 nitrogen and oxygen atoms in total. The molecule has 112 valence electrons. The summed E-state index contributed by atoms with van der Waals surface area (Å²) in [5.74, 6) is -2.17. The van der Waals surface area contributed by atoms with Crippen molar-refractivity contribution >= 4 is 18.0 Å². The van der Waals surface area contributed by atoms with Crippen LogP contribution in [-0.4, -0.2) is 48.2 Å². The molecule has 0 radical (unpaired) electrons. The van der Waals surface area contributed by atoms with Gasteiger partial charge in [0.05, 0.1) is 18.2 Å². The fourth-order valence-electron chi connectivity index (χ4n) is 2.16. The Morgan fingerprint density at radius 2 is 2.24 bits per heavy atom. The Kier molecular flexibility index (Phi) is 4.70. The number of likely N-dealkylation sites (N-methyl/N-ethyl adjacent to an activating group) is 1. The number of aliphatic carboxylic acids is 1. The first-order valence-corrected chi connectivity index (χ1v) is 6.54. The second-order valence-corrected chi connectivity index (χ2v) is 4.84. The van der Waals surface area contributed by atoms with Crippen LogP contribution in [0.1, 0.15) is 22.3 Å². The standard InChI is InChI=1S/C15H16FNO4/c1-17(11-6-7-21-9-11)15(20)12-8-10(2-4-13(12)16)3-5-14(18)19/h2-5,8,11H,6-7,9H2,1H3,(H,18,19)/b5-3+. The predicted octanol–water partition coefficient (Wildman–Crippen LogP) is 1.78. The molecule has 6 heteroatoms. The highest BCUT2D eigenvalue weighted by molar-refractivity contribution is 5.95. The van der Waals surface area contributed by atoms with Gasteiger partial charge in [0.25, 0.3) is 5.91 Å². The molecular formula is C15H16FNO4. The Labute approximate surface area is 121 Å². The lowest BCUT2D eigenvalue weighted by molar-refractivity contribution is -0.131. The third-order valence-corrected chi connectivity index (χ3v) is 3.41. The third-order valence-electron chi connectivity index (χ3n) is 3.41. The molecule has 1 aromatic rings. The monoisotopic (exact) mass is 293 g/mol. The number of halogens is 1. The Morgan fingerprint density at radius 3 is 2.86 bits per heavy atom. The largest absolute Gasteiger partial charge is 0.478 e. The van der Waals surface area contributed by atoms with Crippen LogP contribution in [0.3, 0.4) is 0 Å². The number of ether oxygens (including phenoxy) is 1. The van der Waals surface area contributed by atoms with Crippen molar-refractivity contribution in [3.63, 3.8) is 0 Å². The van der Waals surface area contributed by atoms with Crippen LogP contribution in [-0.2, 0) is 9.53 Å². The number of hydrogen-bond acceptors (Lipinski definition) is 3. The van der Waals surface area contributed by atoms with Gasteiger partial charge >= 0.3 is 5.97 Å². The second-order valence-electron chi connectivity index (χ2n) is 4.84. The molecule has 2 rings (SSSR count). The molecule has 1 fully saturated rings. The molecule has 0 bridgehead atoms. The Bertz CT molecular complexity index is 579. The number of carbonyl (C=O) groups is 2. The smallest absolute Gasteiger partial charge is 0.328 e. The van der Waals surface area contributed by atoms with E-state index in [1.54, 1.807) is 7.05 Å². The topological polar surface area (TPSA) is 66.8 Å². The summed E-state index contributed by atoms with van der Waals surface area (Å²) in [5.41, 5.74) is 0.384. The first-order valence-electron chi connectivity index (χ1n) is 6.54. The number of rotatable bonds is 4. The lowest BCUT2D eigenvalue weighted by Crippen LogP contribution is -2.37. The van der Waals surface area contributed by atoms with Crippen molar-refractivity contribution in [1.82, 2.24) is 4.90 Å². The van der Waals surface area contributed by atoms with E-state index in [0.717, 1.165) is 18.6 Å². The van der Waals surface area contributed by atoms with Crippen LogP contribution in [0.5, 0.6) is 0 Å². The van der Waals surface area contributed by atoms with Gasteiger partial charge in [0.2, 0.25) is 0 Å². The highest BCUT2D eigenvalue weighted by Crippen LogP contribution is 2.18. The van der Waals surface area contributed by atoms with Crippen molar-refractivity contribution in [3.8, 4) is 0 Å². The van der Waals surface area contributed by atoms with Crippen molar-refractivity contribution < 1.29 is 23.8 Å². The molecule has 1 aliphatic rings. The summed E-state index contributed by atoms with van der Waals surface area (Å²) in [5, 5.41) is 8.59. The molecule has 1 heterocycles. The molecule has 0 aromatic heterocycles. The Hall–Kier alpha value is -2.21. The fourth-order valence-corrected chi connectivity index (χ4v) is 2.16. The van der Waals surface area contributed by atoms with Gasteiger partial charge in [0, 0.05) is 19.7 Å². The maximum atomic E-state index is 13.8. The summed E-state index contributed by atoms with van der Waals surface area (Å²) in [7, 11) is 1.61. The normalized spacial score (nSPS) is 18.1. The van der Waals surface area contributed by atoms with E-state index in [4.69, 9.17) is 9.84 Å². The fraction of sp³-hybridized carbons (Fsp3) is 0.333. The predicted molar refractivity (Wildman–Crippen MR) is 74.4 cm³/mol. The van der Waals surface area contributed by atoms with Crippen LogP contribution < -0.4 is 0 Å². The van der Waals surface area contributed by atoms with Gasteiger partial charge in [-0.1, -0.05) is 6.07 Å². The molecule has 21 heavy (non-hydrogen) atoms. The zero-order valence-electron chi connectivity index (χ0n) is 11.6. The molecule has 1 saturated heterocycles. The van der Waals surface area contributed by atoms with Crippen molar-refractivity contribution in [3.05, 3.63) is 41.2 Å². The minimum atomic E-state index is -1.10. The van der Waals surface area contributed by atoms with Crippen molar-refractivity contribution in [1.29, 1.82) is 0 Å². The molecular weight excluding hydrogens is 277 g/mol. The number of carbonyl (C=O) groups excluding carboxylic acids is 1. The van der Waals surface area contributed by atoms with Crippen molar-refractivity contribution in [2.24, 2.45) is 0 Å². The van der Waals surface area contributed by atoms with Gasteiger partial charge in [-0.3, -0.25) is 4.79 Å². The van der Waals surface area contributed by atoms with E-state index >= 15 is 0 Å². The molecule has 1 aliphatic heterocycles. The molecule has 1 N–H and O–H groups in total. The summed E-state index contributed by atoms with van der Waals surface area (Å²) in [6, 6.07) is 3.87. The van der Waals surface area contributed by atoms with Crippen LogP contribution in [0.15, 0.2) is 24.3 Å². The molecule has 1 amide bonds. The number of benzene rings is 1. The minimum Gasteiger partial charge on any atom is -0.478 e. The van der Waals surface area contributed by atoms with Gasteiger partial charge in [-0.05, 0) is 30.2 Å². The van der Waals surface area contributed by atoms with E-state index in [1.165, 1.54) is 23.1 Å². The molecule has 0 spiro atoms. The summed E-state index contributed by atoms with van der Waals surface area (Å²) >= 11 is 0. The van der Waals surface area contributed by atoms with Crippen molar-refractivity contribution in [2.75, 3.05) is 20.3 Å². The van der Waals surface area contributed by atoms with Gasteiger partial charge in [-0.2, -0.15) is 0 Å². The van der Waals surface area contributed by atoms with Crippen LogP contribution in [0, 0.1) is 5.82 Å². The first-order chi connectivity index (χ1) is 9.99. The van der Waals surface area contributed by atoms with E-state index in [0.29, 0.717) is 18.8 Å². The maximum absolute atomic E-state index is 13.8. The number of hydrogen-bond donors (Lipinski definition) is 1. The number of amides is 1. The van der Waals surface area contributed by atoms with Crippen LogP contribution in [0.2, 0.25) is 0 Å². The average molecular weight is 293 g/mol. The van der Waals surface area contributed by atoms with E-state index in [1.807, 2.05) is 0 Å². The summed E-state index contributed by atoms with van der Waals surface area (Å²) in [4.78, 5) is 24.3. The summed E-state index contributed by atoms with van der Waals surface area (Å²) < 4.78 is 19.1. The minimum absolute atomic E-state index is 0.0601. The van der Waals surface area contributed by atoms with Gasteiger partial charge < -0.3 is 14.7 Å². The Balaban J connectivity index is 2.23. The average Bonchev–Trinajstić information content (AvgIpc) is 2.99. The molecule has 1 aromatic carbocycles. The zero-order chi connectivity index (χ0) is 15.4. The molecule has 0 aliphatic carbocycles. The van der Waals surface area contributed by atoms with Gasteiger partial charge in [0.15, 0.2) is 0 Å². The number of nitrogens with zero attached hydrogens (tertiary/aromatic N) is 1. The second kappa shape index (κ2) is 6.49. The molecule has 1 atom stereocenters. The lowest BCUT2D eigenvalue weighted by Gasteiger charge is -2.23.